The van der Waals surface area contributed by atoms with Crippen molar-refractivity contribution in [2.45, 2.75) is 66.8 Å². The summed E-state index contributed by atoms with van der Waals surface area (Å²) in [5, 5.41) is 0. The highest BCUT2D eigenvalue weighted by Gasteiger charge is 2.27. The number of piperazine rings is 1. The van der Waals surface area contributed by atoms with E-state index in [1.54, 1.807) is 4.90 Å². The first kappa shape index (κ1) is 27.8. The highest BCUT2D eigenvalue weighted by atomic mass is 16.2. The number of rotatable bonds is 6. The van der Waals surface area contributed by atoms with Crippen LogP contribution in [0.4, 0.5) is 5.69 Å². The van der Waals surface area contributed by atoms with Crippen molar-refractivity contribution in [1.29, 1.82) is 0 Å². The van der Waals surface area contributed by atoms with Gasteiger partial charge in [0.25, 0.3) is 0 Å². The summed E-state index contributed by atoms with van der Waals surface area (Å²) in [6, 6.07) is 8.34. The summed E-state index contributed by atoms with van der Waals surface area (Å²) in [4.78, 5) is 33.2. The minimum atomic E-state index is -0.0741. The minimum absolute atomic E-state index is 0.0437. The van der Waals surface area contributed by atoms with Crippen LogP contribution in [-0.4, -0.2) is 85.3 Å². The third-order valence-electron chi connectivity index (χ3n) is 7.30. The number of carbonyl (C=O) groups excluding carboxylic acids is 2. The number of Topliss-reactive ketones (excluding diaryl/α,β-unsaturated/α-hetero) is 1. The number of likely N-dealkylation sites (tertiary alicyclic amines) is 1. The molecule has 0 spiro atoms. The van der Waals surface area contributed by atoms with Crippen LogP contribution in [0.25, 0.3) is 0 Å². The number of carbonyl (C=O) groups is 2. The van der Waals surface area contributed by atoms with Crippen LogP contribution in [0.3, 0.4) is 0 Å². The molecule has 0 unspecified atom stereocenters. The highest BCUT2D eigenvalue weighted by molar-refractivity contribution is 6.08. The molecule has 6 nitrogen and oxygen atoms in total. The van der Waals surface area contributed by atoms with Crippen LogP contribution in [0, 0.1) is 11.3 Å². The second-order valence-electron chi connectivity index (χ2n) is 11.5. The normalized spacial score (nSPS) is 21.7. The van der Waals surface area contributed by atoms with Crippen molar-refractivity contribution < 1.29 is 9.59 Å². The largest absolute Gasteiger partial charge is 0.312 e. The Morgan fingerprint density at radius 2 is 1.40 bits per heavy atom. The van der Waals surface area contributed by atoms with Crippen LogP contribution in [0.1, 0.15) is 65.9 Å². The Balaban J connectivity index is 0.00000167. The van der Waals surface area contributed by atoms with E-state index >= 15 is 0 Å². The van der Waals surface area contributed by atoms with E-state index in [-0.39, 0.29) is 18.1 Å². The molecule has 0 saturated carbocycles. The fourth-order valence-corrected chi connectivity index (χ4v) is 5.52. The molecule has 1 amide bonds. The molecule has 3 aliphatic rings. The average molecular weight is 485 g/mol. The maximum Gasteiger partial charge on any atom is 0.234 e. The Labute approximate surface area is 213 Å². The first-order chi connectivity index (χ1) is 16.7. The second-order valence-corrected chi connectivity index (χ2v) is 11.5. The molecule has 1 aromatic carbocycles. The zero-order chi connectivity index (χ0) is 25.4. The Morgan fingerprint density at radius 3 is 1.97 bits per heavy atom. The molecule has 4 rings (SSSR count). The summed E-state index contributed by atoms with van der Waals surface area (Å²) in [6.07, 6.45) is 3.20. The van der Waals surface area contributed by atoms with Gasteiger partial charge in [-0.05, 0) is 55.0 Å². The molecular formula is C29H48N4O2. The third kappa shape index (κ3) is 8.69. The van der Waals surface area contributed by atoms with E-state index in [0.717, 1.165) is 44.3 Å². The van der Waals surface area contributed by atoms with Gasteiger partial charge >= 0.3 is 0 Å². The molecule has 3 heterocycles. The number of ketones is 1. The summed E-state index contributed by atoms with van der Waals surface area (Å²) in [6.45, 7) is 22.1. The van der Waals surface area contributed by atoms with Crippen molar-refractivity contribution in [3.8, 4) is 0 Å². The van der Waals surface area contributed by atoms with Gasteiger partial charge in [-0.3, -0.25) is 14.5 Å². The molecule has 35 heavy (non-hydrogen) atoms. The van der Waals surface area contributed by atoms with Gasteiger partial charge in [0.05, 0.1) is 6.42 Å². The van der Waals surface area contributed by atoms with Crippen LogP contribution >= 0.6 is 0 Å². The number of hydrogen-bond donors (Lipinski definition) is 0. The minimum Gasteiger partial charge on any atom is -0.312 e. The molecule has 0 radical (unpaired) electrons. The topological polar surface area (TPSA) is 47.1 Å². The van der Waals surface area contributed by atoms with E-state index in [4.69, 9.17) is 0 Å². The van der Waals surface area contributed by atoms with Crippen molar-refractivity contribution in [2.24, 2.45) is 11.3 Å². The van der Waals surface area contributed by atoms with Crippen molar-refractivity contribution in [2.75, 3.05) is 63.8 Å². The number of piperidine rings is 2. The molecule has 3 aliphatic heterocycles. The number of hydrogen-bond acceptors (Lipinski definition) is 5. The van der Waals surface area contributed by atoms with Crippen LogP contribution in [0.2, 0.25) is 0 Å². The van der Waals surface area contributed by atoms with Crippen molar-refractivity contribution in [1.82, 2.24) is 14.7 Å². The predicted octanol–water partition coefficient (Wildman–Crippen LogP) is 4.28. The van der Waals surface area contributed by atoms with E-state index in [1.807, 2.05) is 26.0 Å². The van der Waals surface area contributed by atoms with E-state index in [2.05, 4.69) is 47.6 Å². The van der Waals surface area contributed by atoms with Gasteiger partial charge in [0.2, 0.25) is 5.91 Å². The lowest BCUT2D eigenvalue weighted by molar-refractivity contribution is -0.128. The van der Waals surface area contributed by atoms with Crippen molar-refractivity contribution in [3.05, 3.63) is 29.8 Å². The Bertz CT molecular complexity index is 801. The van der Waals surface area contributed by atoms with Gasteiger partial charge < -0.3 is 14.7 Å². The molecule has 0 aliphatic carbocycles. The smallest absolute Gasteiger partial charge is 0.234 e. The monoisotopic (exact) mass is 484 g/mol. The van der Waals surface area contributed by atoms with Crippen molar-refractivity contribution >= 4 is 17.4 Å². The van der Waals surface area contributed by atoms with E-state index in [0.29, 0.717) is 18.4 Å². The maximum absolute atomic E-state index is 12.1. The SMILES string of the molecule is CC.CC(C)(C)CN1CCC(CN2CCN(Cc3ccc(N4CCC(=O)CC4=O)cc3)CC2)CC1. The first-order valence-corrected chi connectivity index (χ1v) is 13.8. The summed E-state index contributed by atoms with van der Waals surface area (Å²) in [5.74, 6) is 0.834. The number of anilines is 1. The standard InChI is InChI=1S/C27H42N4O2.C2H6/c1-27(2,3)21-30-11-8-23(9-12-30)20-29-16-14-28(15-17-29)19-22-4-6-24(7-5-22)31-13-10-25(32)18-26(31)33;1-2/h4-7,23H,8-21H2,1-3H3;1-2H3. The zero-order valence-corrected chi connectivity index (χ0v) is 22.9. The molecule has 3 fully saturated rings. The molecule has 3 saturated heterocycles. The van der Waals surface area contributed by atoms with Crippen LogP contribution < -0.4 is 4.90 Å². The molecule has 0 aromatic heterocycles. The first-order valence-electron chi connectivity index (χ1n) is 13.8. The number of nitrogens with zero attached hydrogens (tertiary/aromatic N) is 4. The van der Waals surface area contributed by atoms with E-state index in [1.165, 1.54) is 44.6 Å². The average Bonchev–Trinajstić information content (AvgIpc) is 2.83. The van der Waals surface area contributed by atoms with Gasteiger partial charge in [0, 0.05) is 64.5 Å². The van der Waals surface area contributed by atoms with Crippen LogP contribution in [0.5, 0.6) is 0 Å². The van der Waals surface area contributed by atoms with E-state index < -0.39 is 0 Å². The summed E-state index contributed by atoms with van der Waals surface area (Å²) < 4.78 is 0. The lowest BCUT2D eigenvalue weighted by atomic mass is 9.91. The number of benzene rings is 1. The molecular weight excluding hydrogens is 436 g/mol. The number of amides is 1. The summed E-state index contributed by atoms with van der Waals surface area (Å²) >= 11 is 0. The predicted molar refractivity (Wildman–Crippen MR) is 145 cm³/mol. The van der Waals surface area contributed by atoms with Crippen LogP contribution in [0.15, 0.2) is 24.3 Å². The molecule has 0 atom stereocenters. The van der Waals surface area contributed by atoms with Gasteiger partial charge in [-0.25, -0.2) is 0 Å². The quantitative estimate of drug-likeness (QED) is 0.564. The highest BCUT2D eigenvalue weighted by Crippen LogP contribution is 2.24. The molecule has 1 aromatic rings. The Morgan fingerprint density at radius 1 is 0.800 bits per heavy atom. The lowest BCUT2D eigenvalue weighted by Crippen LogP contribution is -2.48. The molecule has 0 bridgehead atoms. The van der Waals surface area contributed by atoms with Gasteiger partial charge in [0.15, 0.2) is 0 Å². The van der Waals surface area contributed by atoms with Gasteiger partial charge in [-0.2, -0.15) is 0 Å². The summed E-state index contributed by atoms with van der Waals surface area (Å²) in [5.41, 5.74) is 2.60. The van der Waals surface area contributed by atoms with Gasteiger partial charge in [0.1, 0.15) is 5.78 Å². The molecule has 196 valence electrons. The maximum atomic E-state index is 12.1. The van der Waals surface area contributed by atoms with Gasteiger partial charge in [-0.15, -0.1) is 0 Å². The molecule has 0 N–H and O–H groups in total. The van der Waals surface area contributed by atoms with Crippen LogP contribution in [-0.2, 0) is 16.1 Å². The lowest BCUT2D eigenvalue weighted by Gasteiger charge is -2.40. The molecule has 6 heteroatoms. The fraction of sp³-hybridized carbons (Fsp3) is 0.724. The Kier molecular flexibility index (Phi) is 10.3. The fourth-order valence-electron chi connectivity index (χ4n) is 5.52. The van der Waals surface area contributed by atoms with Gasteiger partial charge in [-0.1, -0.05) is 46.8 Å². The second kappa shape index (κ2) is 13.0. The van der Waals surface area contributed by atoms with E-state index in [9.17, 15) is 9.59 Å². The third-order valence-corrected chi connectivity index (χ3v) is 7.30. The zero-order valence-electron chi connectivity index (χ0n) is 22.9. The summed E-state index contributed by atoms with van der Waals surface area (Å²) in [7, 11) is 0. The van der Waals surface area contributed by atoms with Crippen molar-refractivity contribution in [3.63, 3.8) is 0 Å². The Hall–Kier alpha value is -1.76.